The van der Waals surface area contributed by atoms with Gasteiger partial charge in [0.05, 0.1) is 27.1 Å². The number of nitrogens with two attached hydrogens (primary N) is 1. The van der Waals surface area contributed by atoms with E-state index < -0.39 is 0 Å². The highest BCUT2D eigenvalue weighted by atomic mass is 35.5. The van der Waals surface area contributed by atoms with Crippen molar-refractivity contribution in [3.05, 3.63) is 52.0 Å². The monoisotopic (exact) mass is 323 g/mol. The van der Waals surface area contributed by atoms with E-state index in [-0.39, 0.29) is 21.6 Å². The van der Waals surface area contributed by atoms with Gasteiger partial charge in [-0.05, 0) is 24.3 Å². The van der Waals surface area contributed by atoms with Crippen LogP contribution in [0.3, 0.4) is 0 Å². The predicted octanol–water partition coefficient (Wildman–Crippen LogP) is 3.89. The number of carbonyl (C=O) groups excluding carboxylic acids is 1. The normalized spacial score (nSPS) is 10.3. The van der Waals surface area contributed by atoms with E-state index in [1.54, 1.807) is 0 Å². The van der Waals surface area contributed by atoms with E-state index >= 15 is 0 Å². The second-order valence-corrected chi connectivity index (χ2v) is 5.53. The molecule has 6 heteroatoms. The van der Waals surface area contributed by atoms with E-state index in [1.807, 2.05) is 43.3 Å². The molecule has 0 unspecified atom stereocenters. The van der Waals surface area contributed by atoms with Gasteiger partial charge in [-0.15, -0.1) is 0 Å². The molecule has 0 bridgehead atoms. The number of anilines is 3. The molecule has 0 radical (unpaired) electrons. The van der Waals surface area contributed by atoms with Crippen molar-refractivity contribution in [1.82, 2.24) is 0 Å². The Bertz CT molecular complexity index is 663. The van der Waals surface area contributed by atoms with Gasteiger partial charge in [-0.1, -0.05) is 35.3 Å². The van der Waals surface area contributed by atoms with Crippen molar-refractivity contribution < 1.29 is 4.79 Å². The molecule has 2 aromatic rings. The van der Waals surface area contributed by atoms with Gasteiger partial charge in [0.1, 0.15) is 0 Å². The van der Waals surface area contributed by atoms with Crippen LogP contribution in [-0.2, 0) is 0 Å². The summed E-state index contributed by atoms with van der Waals surface area (Å²) >= 11 is 11.9. The molecule has 1 amide bonds. The summed E-state index contributed by atoms with van der Waals surface area (Å²) in [5.74, 6) is -0.298. The van der Waals surface area contributed by atoms with Crippen molar-refractivity contribution in [3.8, 4) is 0 Å². The van der Waals surface area contributed by atoms with Crippen LogP contribution in [0.2, 0.25) is 10.0 Å². The zero-order valence-corrected chi connectivity index (χ0v) is 13.2. The van der Waals surface area contributed by atoms with Crippen molar-refractivity contribution in [2.24, 2.45) is 0 Å². The fourth-order valence-electron chi connectivity index (χ4n) is 1.88. The average Bonchev–Trinajstić information content (AvgIpc) is 2.44. The molecular formula is C15H15Cl2N3O. The number of carbonyl (C=O) groups is 1. The van der Waals surface area contributed by atoms with Gasteiger partial charge in [-0.2, -0.15) is 0 Å². The number of nitrogens with zero attached hydrogens (tertiary/aromatic N) is 1. The Morgan fingerprint density at radius 2 is 1.71 bits per heavy atom. The van der Waals surface area contributed by atoms with Crippen molar-refractivity contribution in [3.63, 3.8) is 0 Å². The maximum Gasteiger partial charge on any atom is 0.255 e. The van der Waals surface area contributed by atoms with Crippen molar-refractivity contribution in [1.29, 1.82) is 0 Å². The van der Waals surface area contributed by atoms with Crippen LogP contribution >= 0.6 is 23.2 Å². The second kappa shape index (κ2) is 6.24. The number of rotatable bonds is 3. The van der Waals surface area contributed by atoms with Gasteiger partial charge in [0.15, 0.2) is 0 Å². The van der Waals surface area contributed by atoms with Gasteiger partial charge in [-0.3, -0.25) is 4.79 Å². The molecule has 3 N–H and O–H groups in total. The molecule has 0 aliphatic rings. The fraction of sp³-hybridized carbons (Fsp3) is 0.133. The lowest BCUT2D eigenvalue weighted by Crippen LogP contribution is -2.16. The highest BCUT2D eigenvalue weighted by Crippen LogP contribution is 2.30. The minimum Gasteiger partial charge on any atom is -0.396 e. The zero-order valence-electron chi connectivity index (χ0n) is 11.7. The Morgan fingerprint density at radius 1 is 1.14 bits per heavy atom. The number of amides is 1. The van der Waals surface area contributed by atoms with E-state index in [2.05, 4.69) is 5.32 Å². The Balaban J connectivity index is 2.31. The van der Waals surface area contributed by atoms with Gasteiger partial charge >= 0.3 is 0 Å². The van der Waals surface area contributed by atoms with Crippen molar-refractivity contribution in [2.75, 3.05) is 30.0 Å². The molecule has 2 rings (SSSR count). The SMILES string of the molecule is CN(C)c1ccccc1NC(=O)c1cc(Cl)c(N)c(Cl)c1. The second-order valence-electron chi connectivity index (χ2n) is 4.72. The van der Waals surface area contributed by atoms with Crippen LogP contribution < -0.4 is 16.0 Å². The Kier molecular flexibility index (Phi) is 4.60. The summed E-state index contributed by atoms with van der Waals surface area (Å²) < 4.78 is 0. The maximum absolute atomic E-state index is 12.3. The predicted molar refractivity (Wildman–Crippen MR) is 89.6 cm³/mol. The molecule has 0 saturated heterocycles. The maximum atomic E-state index is 12.3. The highest BCUT2D eigenvalue weighted by molar-refractivity contribution is 6.39. The van der Waals surface area contributed by atoms with E-state index in [0.29, 0.717) is 11.3 Å². The number of hydrogen-bond acceptors (Lipinski definition) is 3. The molecule has 0 heterocycles. The highest BCUT2D eigenvalue weighted by Gasteiger charge is 2.13. The molecule has 0 fully saturated rings. The number of benzene rings is 2. The van der Waals surface area contributed by atoms with E-state index in [0.717, 1.165) is 5.69 Å². The number of halogens is 2. The van der Waals surface area contributed by atoms with Crippen LogP contribution in [0.4, 0.5) is 17.1 Å². The standard InChI is InChI=1S/C15H15Cl2N3O/c1-20(2)13-6-4-3-5-12(13)19-15(21)9-7-10(16)14(18)11(17)8-9/h3-8H,18H2,1-2H3,(H,19,21). The molecule has 0 spiro atoms. The summed E-state index contributed by atoms with van der Waals surface area (Å²) in [7, 11) is 3.81. The first-order valence-electron chi connectivity index (χ1n) is 6.22. The van der Waals surface area contributed by atoms with Crippen LogP contribution in [0.1, 0.15) is 10.4 Å². The first-order valence-corrected chi connectivity index (χ1v) is 6.98. The topological polar surface area (TPSA) is 58.4 Å². The van der Waals surface area contributed by atoms with Gasteiger partial charge in [-0.25, -0.2) is 0 Å². The van der Waals surface area contributed by atoms with Crippen LogP contribution in [-0.4, -0.2) is 20.0 Å². The molecule has 0 saturated carbocycles. The zero-order chi connectivity index (χ0) is 15.6. The fourth-order valence-corrected chi connectivity index (χ4v) is 2.37. The van der Waals surface area contributed by atoms with Gasteiger partial charge < -0.3 is 16.0 Å². The summed E-state index contributed by atoms with van der Waals surface area (Å²) in [6.07, 6.45) is 0. The summed E-state index contributed by atoms with van der Waals surface area (Å²) in [6, 6.07) is 10.5. The molecule has 4 nitrogen and oxygen atoms in total. The molecule has 0 atom stereocenters. The van der Waals surface area contributed by atoms with E-state index in [9.17, 15) is 4.79 Å². The molecule has 21 heavy (non-hydrogen) atoms. The number of para-hydroxylation sites is 2. The quantitative estimate of drug-likeness (QED) is 0.842. The molecule has 0 aliphatic carbocycles. The number of nitrogens with one attached hydrogen (secondary N) is 1. The van der Waals surface area contributed by atoms with Gasteiger partial charge in [0, 0.05) is 19.7 Å². The summed E-state index contributed by atoms with van der Waals surface area (Å²) in [4.78, 5) is 14.2. The van der Waals surface area contributed by atoms with Crippen LogP contribution in [0.5, 0.6) is 0 Å². The van der Waals surface area contributed by atoms with Crippen molar-refractivity contribution >= 4 is 46.2 Å². The minimum atomic E-state index is -0.298. The summed E-state index contributed by atoms with van der Waals surface area (Å²) in [5, 5.41) is 3.36. The first-order chi connectivity index (χ1) is 9.90. The summed E-state index contributed by atoms with van der Waals surface area (Å²) in [6.45, 7) is 0. The molecule has 0 aromatic heterocycles. The first kappa shape index (κ1) is 15.5. The lowest BCUT2D eigenvalue weighted by Gasteiger charge is -2.18. The van der Waals surface area contributed by atoms with Crippen LogP contribution in [0, 0.1) is 0 Å². The van der Waals surface area contributed by atoms with Crippen molar-refractivity contribution in [2.45, 2.75) is 0 Å². The average molecular weight is 324 g/mol. The molecular weight excluding hydrogens is 309 g/mol. The Labute approximate surface area is 133 Å². The lowest BCUT2D eigenvalue weighted by molar-refractivity contribution is 0.102. The minimum absolute atomic E-state index is 0.258. The third-order valence-electron chi connectivity index (χ3n) is 2.98. The van der Waals surface area contributed by atoms with E-state index in [4.69, 9.17) is 28.9 Å². The summed E-state index contributed by atoms with van der Waals surface area (Å²) in [5.41, 5.74) is 7.89. The number of hydrogen-bond donors (Lipinski definition) is 2. The Hall–Kier alpha value is -1.91. The van der Waals surface area contributed by atoms with Crippen LogP contribution in [0.25, 0.3) is 0 Å². The van der Waals surface area contributed by atoms with Gasteiger partial charge in [0.2, 0.25) is 0 Å². The van der Waals surface area contributed by atoms with E-state index in [1.165, 1.54) is 12.1 Å². The smallest absolute Gasteiger partial charge is 0.255 e. The largest absolute Gasteiger partial charge is 0.396 e. The third kappa shape index (κ3) is 3.40. The van der Waals surface area contributed by atoms with Gasteiger partial charge in [0.25, 0.3) is 5.91 Å². The van der Waals surface area contributed by atoms with Crippen LogP contribution in [0.15, 0.2) is 36.4 Å². The lowest BCUT2D eigenvalue weighted by atomic mass is 10.1. The Morgan fingerprint density at radius 3 is 2.29 bits per heavy atom. The molecule has 2 aromatic carbocycles. The molecule has 0 aliphatic heterocycles. The molecule has 110 valence electrons. The number of nitrogen functional groups attached to an aromatic ring is 1. The third-order valence-corrected chi connectivity index (χ3v) is 3.60.